The van der Waals surface area contributed by atoms with Crippen molar-refractivity contribution in [2.24, 2.45) is 10.9 Å². The van der Waals surface area contributed by atoms with Crippen molar-refractivity contribution in [2.45, 2.75) is 18.4 Å². The van der Waals surface area contributed by atoms with E-state index < -0.39 is 10.0 Å². The Balaban J connectivity index is 3.51. The molecule has 0 aliphatic heterocycles. The van der Waals surface area contributed by atoms with Crippen LogP contribution in [-0.4, -0.2) is 8.42 Å². The van der Waals surface area contributed by atoms with Gasteiger partial charge in [0.25, 0.3) is 0 Å². The molecule has 0 saturated carbocycles. The van der Waals surface area contributed by atoms with E-state index in [1.54, 1.807) is 13.0 Å². The number of sulfonamides is 1. The Morgan fingerprint density at radius 2 is 2.00 bits per heavy atom. The van der Waals surface area contributed by atoms with E-state index in [4.69, 9.17) is 10.9 Å². The molecule has 1 rings (SSSR count). The van der Waals surface area contributed by atoms with Crippen LogP contribution in [0.3, 0.4) is 0 Å². The van der Waals surface area contributed by atoms with E-state index in [2.05, 4.69) is 15.9 Å². The van der Waals surface area contributed by atoms with Crippen molar-refractivity contribution in [3.8, 4) is 0 Å². The molecule has 14 heavy (non-hydrogen) atoms. The highest BCUT2D eigenvalue weighted by Gasteiger charge is 2.14. The smallest absolute Gasteiger partial charge is 0.238 e. The van der Waals surface area contributed by atoms with E-state index in [9.17, 15) is 8.42 Å². The first-order chi connectivity index (χ1) is 6.36. The van der Waals surface area contributed by atoms with Crippen LogP contribution in [0.4, 0.5) is 0 Å². The van der Waals surface area contributed by atoms with Crippen LogP contribution in [0.2, 0.25) is 0 Å². The SMILES string of the molecule is Cc1c(Br)cc(CN)cc1S(N)(=O)=O. The minimum Gasteiger partial charge on any atom is -0.326 e. The lowest BCUT2D eigenvalue weighted by Crippen LogP contribution is -2.14. The van der Waals surface area contributed by atoms with Crippen molar-refractivity contribution in [3.63, 3.8) is 0 Å². The molecule has 1 aromatic rings. The Bertz CT molecular complexity index is 457. The average Bonchev–Trinajstić information content (AvgIpc) is 2.07. The van der Waals surface area contributed by atoms with Crippen LogP contribution in [0.15, 0.2) is 21.5 Å². The zero-order valence-corrected chi connectivity index (χ0v) is 10.0. The van der Waals surface area contributed by atoms with Crippen molar-refractivity contribution in [1.82, 2.24) is 0 Å². The monoisotopic (exact) mass is 278 g/mol. The van der Waals surface area contributed by atoms with Crippen molar-refractivity contribution in [2.75, 3.05) is 0 Å². The summed E-state index contributed by atoms with van der Waals surface area (Å²) in [6, 6.07) is 3.28. The van der Waals surface area contributed by atoms with Gasteiger partial charge in [-0.1, -0.05) is 15.9 Å². The van der Waals surface area contributed by atoms with Crippen molar-refractivity contribution < 1.29 is 8.42 Å². The van der Waals surface area contributed by atoms with Crippen molar-refractivity contribution in [3.05, 3.63) is 27.7 Å². The van der Waals surface area contributed by atoms with Gasteiger partial charge in [-0.05, 0) is 30.2 Å². The fourth-order valence-corrected chi connectivity index (χ4v) is 2.61. The normalized spacial score (nSPS) is 11.7. The Morgan fingerprint density at radius 1 is 1.43 bits per heavy atom. The molecular formula is C8H11BrN2O2S. The van der Waals surface area contributed by atoms with Crippen LogP contribution in [0, 0.1) is 6.92 Å². The second-order valence-corrected chi connectivity index (χ2v) is 5.33. The molecule has 0 amide bonds. The summed E-state index contributed by atoms with van der Waals surface area (Å²) in [5.41, 5.74) is 6.75. The van der Waals surface area contributed by atoms with Gasteiger partial charge in [-0.3, -0.25) is 0 Å². The van der Waals surface area contributed by atoms with E-state index in [1.165, 1.54) is 6.07 Å². The predicted molar refractivity (Wildman–Crippen MR) is 58.1 cm³/mol. The molecular weight excluding hydrogens is 268 g/mol. The molecule has 4 nitrogen and oxygen atoms in total. The van der Waals surface area contributed by atoms with Gasteiger partial charge in [0.05, 0.1) is 4.90 Å². The molecule has 0 aliphatic rings. The molecule has 0 aliphatic carbocycles. The van der Waals surface area contributed by atoms with Gasteiger partial charge in [-0.15, -0.1) is 0 Å². The third kappa shape index (κ3) is 2.33. The molecule has 4 N–H and O–H groups in total. The van der Waals surface area contributed by atoms with Crippen LogP contribution >= 0.6 is 15.9 Å². The molecule has 0 unspecified atom stereocenters. The largest absolute Gasteiger partial charge is 0.326 e. The topological polar surface area (TPSA) is 86.2 Å². The zero-order chi connectivity index (χ0) is 10.9. The van der Waals surface area contributed by atoms with Gasteiger partial charge in [0.1, 0.15) is 0 Å². The van der Waals surface area contributed by atoms with Gasteiger partial charge in [0.15, 0.2) is 0 Å². The molecule has 0 aromatic heterocycles. The number of halogens is 1. The second kappa shape index (κ2) is 3.98. The third-order valence-corrected chi connectivity index (χ3v) is 3.76. The number of hydrogen-bond donors (Lipinski definition) is 2. The van der Waals surface area contributed by atoms with E-state index in [-0.39, 0.29) is 11.4 Å². The number of primary sulfonamides is 1. The van der Waals surface area contributed by atoms with E-state index in [0.29, 0.717) is 10.0 Å². The summed E-state index contributed by atoms with van der Waals surface area (Å²) < 4.78 is 23.1. The molecule has 1 aromatic carbocycles. The highest BCUT2D eigenvalue weighted by Crippen LogP contribution is 2.24. The molecule has 0 atom stereocenters. The summed E-state index contributed by atoms with van der Waals surface area (Å²) in [6.45, 7) is 1.96. The maximum atomic E-state index is 11.2. The number of benzene rings is 1. The van der Waals surface area contributed by atoms with Gasteiger partial charge in [0.2, 0.25) is 10.0 Å². The van der Waals surface area contributed by atoms with Gasteiger partial charge < -0.3 is 5.73 Å². The Morgan fingerprint density at radius 3 is 2.43 bits per heavy atom. The van der Waals surface area contributed by atoms with Crippen LogP contribution in [-0.2, 0) is 16.6 Å². The van der Waals surface area contributed by atoms with Gasteiger partial charge in [-0.25, -0.2) is 13.6 Å². The molecule has 6 heteroatoms. The lowest BCUT2D eigenvalue weighted by Gasteiger charge is -2.08. The van der Waals surface area contributed by atoms with E-state index in [1.807, 2.05) is 0 Å². The molecule has 0 bridgehead atoms. The quantitative estimate of drug-likeness (QED) is 0.842. The van der Waals surface area contributed by atoms with Crippen LogP contribution in [0.1, 0.15) is 11.1 Å². The second-order valence-electron chi connectivity index (χ2n) is 2.95. The lowest BCUT2D eigenvalue weighted by molar-refractivity contribution is 0.597. The standard InChI is InChI=1S/C8H11BrN2O2S/c1-5-7(9)2-6(4-10)3-8(5)14(11,12)13/h2-3H,4,10H2,1H3,(H2,11,12,13). The fraction of sp³-hybridized carbons (Fsp3) is 0.250. The highest BCUT2D eigenvalue weighted by atomic mass is 79.9. The number of rotatable bonds is 2. The van der Waals surface area contributed by atoms with Gasteiger partial charge >= 0.3 is 0 Å². The summed E-state index contributed by atoms with van der Waals surface area (Å²) in [7, 11) is -3.67. The molecule has 0 saturated heterocycles. The Hall–Kier alpha value is -0.430. The highest BCUT2D eigenvalue weighted by molar-refractivity contribution is 9.10. The van der Waals surface area contributed by atoms with Crippen LogP contribution in [0.5, 0.6) is 0 Å². The Kier molecular flexibility index (Phi) is 3.31. The molecule has 0 fully saturated rings. The third-order valence-electron chi connectivity index (χ3n) is 1.90. The first kappa shape index (κ1) is 11.6. The minimum absolute atomic E-state index is 0.118. The van der Waals surface area contributed by atoms with Crippen LogP contribution in [0.25, 0.3) is 0 Å². The summed E-state index contributed by atoms with van der Waals surface area (Å²) in [5.74, 6) is 0. The number of nitrogens with two attached hydrogens (primary N) is 2. The first-order valence-corrected chi connectivity index (χ1v) is 6.22. The fourth-order valence-electron chi connectivity index (χ4n) is 1.12. The average molecular weight is 279 g/mol. The Labute approximate surface area is 91.5 Å². The summed E-state index contributed by atoms with van der Waals surface area (Å²) >= 11 is 3.25. The van der Waals surface area contributed by atoms with Gasteiger partial charge in [0, 0.05) is 11.0 Å². The van der Waals surface area contributed by atoms with Crippen LogP contribution < -0.4 is 10.9 Å². The lowest BCUT2D eigenvalue weighted by atomic mass is 10.1. The first-order valence-electron chi connectivity index (χ1n) is 3.88. The molecule has 0 radical (unpaired) electrons. The predicted octanol–water partition coefficient (Wildman–Crippen LogP) is 0.864. The zero-order valence-electron chi connectivity index (χ0n) is 7.62. The maximum absolute atomic E-state index is 11.2. The van der Waals surface area contributed by atoms with Crippen molar-refractivity contribution in [1.29, 1.82) is 0 Å². The maximum Gasteiger partial charge on any atom is 0.238 e. The van der Waals surface area contributed by atoms with Gasteiger partial charge in [-0.2, -0.15) is 0 Å². The summed E-state index contributed by atoms with van der Waals surface area (Å²) in [5, 5.41) is 5.06. The summed E-state index contributed by atoms with van der Waals surface area (Å²) in [4.78, 5) is 0.118. The molecule has 0 heterocycles. The van der Waals surface area contributed by atoms with E-state index >= 15 is 0 Å². The molecule has 78 valence electrons. The number of hydrogen-bond acceptors (Lipinski definition) is 3. The molecule has 0 spiro atoms. The summed E-state index contributed by atoms with van der Waals surface area (Å²) in [6.07, 6.45) is 0. The van der Waals surface area contributed by atoms with E-state index in [0.717, 1.165) is 5.56 Å². The van der Waals surface area contributed by atoms with Crippen molar-refractivity contribution >= 4 is 26.0 Å². The minimum atomic E-state index is -3.67.